The first-order valence-corrected chi connectivity index (χ1v) is 8.48. The lowest BCUT2D eigenvalue weighted by Crippen LogP contribution is -2.36. The molecule has 0 radical (unpaired) electrons. The van der Waals surface area contributed by atoms with Crippen molar-refractivity contribution in [2.75, 3.05) is 19.8 Å². The van der Waals surface area contributed by atoms with Gasteiger partial charge in [0.1, 0.15) is 17.2 Å². The molecule has 0 saturated heterocycles. The topological polar surface area (TPSA) is 108 Å². The number of hydrogen-bond acceptors (Lipinski definition) is 5. The van der Waals surface area contributed by atoms with Crippen LogP contribution in [0.1, 0.15) is 22.8 Å². The van der Waals surface area contributed by atoms with Gasteiger partial charge in [-0.15, -0.1) is 0 Å². The first-order valence-electron chi connectivity index (χ1n) is 8.48. The molecule has 0 spiro atoms. The Morgan fingerprint density at radius 2 is 1.81 bits per heavy atom. The summed E-state index contributed by atoms with van der Waals surface area (Å²) < 4.78 is 5.38. The van der Waals surface area contributed by atoms with E-state index in [1.54, 1.807) is 36.4 Å². The van der Waals surface area contributed by atoms with Crippen LogP contribution in [-0.4, -0.2) is 41.8 Å². The van der Waals surface area contributed by atoms with Gasteiger partial charge in [0.2, 0.25) is 0 Å². The Hall–Kier alpha value is -3.32. The minimum absolute atomic E-state index is 0.0131. The smallest absolute Gasteiger partial charge is 0.267 e. The number of rotatable bonds is 8. The average Bonchev–Trinajstić information content (AvgIpc) is 2.67. The van der Waals surface area contributed by atoms with Crippen molar-refractivity contribution in [3.63, 3.8) is 0 Å². The summed E-state index contributed by atoms with van der Waals surface area (Å²) in [7, 11) is 0. The van der Waals surface area contributed by atoms with E-state index in [0.29, 0.717) is 17.9 Å². The molecule has 0 aliphatic heterocycles. The molecule has 7 heteroatoms. The Kier molecular flexibility index (Phi) is 7.39. The van der Waals surface area contributed by atoms with E-state index >= 15 is 0 Å². The van der Waals surface area contributed by atoms with Crippen LogP contribution >= 0.6 is 0 Å². The van der Waals surface area contributed by atoms with Gasteiger partial charge in [0.25, 0.3) is 11.8 Å². The van der Waals surface area contributed by atoms with Crippen molar-refractivity contribution in [3.05, 3.63) is 65.4 Å². The van der Waals surface area contributed by atoms with Crippen LogP contribution in [-0.2, 0) is 4.79 Å². The highest BCUT2D eigenvalue weighted by Gasteiger charge is 2.16. The Balaban J connectivity index is 2.26. The summed E-state index contributed by atoms with van der Waals surface area (Å²) in [6.45, 7) is 2.24. The van der Waals surface area contributed by atoms with Gasteiger partial charge >= 0.3 is 0 Å². The maximum atomic E-state index is 12.4. The van der Waals surface area contributed by atoms with Gasteiger partial charge in [0.05, 0.1) is 18.8 Å². The minimum Gasteiger partial charge on any atom is -0.507 e. The van der Waals surface area contributed by atoms with Crippen molar-refractivity contribution in [2.45, 2.75) is 6.92 Å². The van der Waals surface area contributed by atoms with E-state index in [4.69, 9.17) is 9.84 Å². The number of phenolic OH excluding ortho intramolecular Hbond substituents is 1. The standard InChI is InChI=1S/C20H22N2O5/c1-2-27-15-9-7-14(8-10-15)13-17(20(26)21-11-12-23)22-19(25)16-5-3-4-6-18(16)24/h3-10,13,23-24H,2,11-12H2,1H3,(H,21,26)(H,22,25)/b17-13-. The SMILES string of the molecule is CCOc1ccc(/C=C(\NC(=O)c2ccccc2O)C(=O)NCCO)cc1. The predicted octanol–water partition coefficient (Wildman–Crippen LogP) is 1.67. The Labute approximate surface area is 157 Å². The molecule has 0 aromatic heterocycles. The number of ether oxygens (including phenoxy) is 1. The van der Waals surface area contributed by atoms with E-state index in [9.17, 15) is 14.7 Å². The fourth-order valence-corrected chi connectivity index (χ4v) is 2.27. The van der Waals surface area contributed by atoms with Crippen LogP contribution in [0.5, 0.6) is 11.5 Å². The number of aliphatic hydroxyl groups is 1. The largest absolute Gasteiger partial charge is 0.507 e. The van der Waals surface area contributed by atoms with Crippen molar-refractivity contribution in [1.29, 1.82) is 0 Å². The molecule has 2 amide bonds. The lowest BCUT2D eigenvalue weighted by atomic mass is 10.1. The molecule has 142 valence electrons. The summed E-state index contributed by atoms with van der Waals surface area (Å²) in [5.74, 6) is -0.670. The van der Waals surface area contributed by atoms with Gasteiger partial charge in [0.15, 0.2) is 0 Å². The molecule has 0 atom stereocenters. The quantitative estimate of drug-likeness (QED) is 0.529. The lowest BCUT2D eigenvalue weighted by Gasteiger charge is -2.11. The summed E-state index contributed by atoms with van der Waals surface area (Å²) in [6.07, 6.45) is 1.50. The van der Waals surface area contributed by atoms with E-state index in [-0.39, 0.29) is 30.2 Å². The summed E-state index contributed by atoms with van der Waals surface area (Å²) in [5.41, 5.74) is 0.705. The van der Waals surface area contributed by atoms with Gasteiger partial charge in [-0.3, -0.25) is 9.59 Å². The first-order chi connectivity index (χ1) is 13.0. The predicted molar refractivity (Wildman–Crippen MR) is 101 cm³/mol. The number of benzene rings is 2. The second-order valence-electron chi connectivity index (χ2n) is 5.51. The fourth-order valence-electron chi connectivity index (χ4n) is 2.27. The van der Waals surface area contributed by atoms with Gasteiger partial charge in [-0.25, -0.2) is 0 Å². The third-order valence-electron chi connectivity index (χ3n) is 3.54. The third-order valence-corrected chi connectivity index (χ3v) is 3.54. The van der Waals surface area contributed by atoms with E-state index < -0.39 is 11.8 Å². The van der Waals surface area contributed by atoms with Crippen LogP contribution in [0.3, 0.4) is 0 Å². The van der Waals surface area contributed by atoms with Gasteiger partial charge in [-0.1, -0.05) is 24.3 Å². The highest BCUT2D eigenvalue weighted by molar-refractivity contribution is 6.06. The van der Waals surface area contributed by atoms with E-state index in [1.807, 2.05) is 6.92 Å². The fraction of sp³-hybridized carbons (Fsp3) is 0.200. The molecule has 2 aromatic rings. The van der Waals surface area contributed by atoms with E-state index in [1.165, 1.54) is 18.2 Å². The van der Waals surface area contributed by atoms with Crippen molar-refractivity contribution < 1.29 is 24.5 Å². The van der Waals surface area contributed by atoms with Crippen LogP contribution < -0.4 is 15.4 Å². The zero-order valence-electron chi connectivity index (χ0n) is 14.9. The Bertz CT molecular complexity index is 815. The second kappa shape index (κ2) is 9.98. The van der Waals surface area contributed by atoms with Crippen LogP contribution in [0.25, 0.3) is 6.08 Å². The summed E-state index contributed by atoms with van der Waals surface area (Å²) in [4.78, 5) is 24.8. The third kappa shape index (κ3) is 5.86. The molecule has 0 fully saturated rings. The molecule has 2 rings (SSSR count). The van der Waals surface area contributed by atoms with Gasteiger partial charge in [-0.2, -0.15) is 0 Å². The van der Waals surface area contributed by atoms with E-state index in [0.717, 1.165) is 0 Å². The number of hydrogen-bond donors (Lipinski definition) is 4. The summed E-state index contributed by atoms with van der Waals surface area (Å²) in [6, 6.07) is 13.0. The second-order valence-corrected chi connectivity index (χ2v) is 5.51. The summed E-state index contributed by atoms with van der Waals surface area (Å²) >= 11 is 0. The Morgan fingerprint density at radius 3 is 2.44 bits per heavy atom. The zero-order chi connectivity index (χ0) is 19.6. The van der Waals surface area contributed by atoms with Gasteiger partial charge in [0, 0.05) is 6.54 Å². The molecular weight excluding hydrogens is 348 g/mol. The first kappa shape index (κ1) is 20.0. The molecule has 0 unspecified atom stereocenters. The number of carbonyl (C=O) groups excluding carboxylic acids is 2. The summed E-state index contributed by atoms with van der Waals surface area (Å²) in [5, 5.41) is 23.7. The van der Waals surface area contributed by atoms with Gasteiger partial charge in [-0.05, 0) is 42.8 Å². The van der Waals surface area contributed by atoms with Gasteiger partial charge < -0.3 is 25.6 Å². The maximum Gasteiger partial charge on any atom is 0.267 e. The normalized spacial score (nSPS) is 11.0. The van der Waals surface area contributed by atoms with Crippen LogP contribution in [0, 0.1) is 0 Å². The van der Waals surface area contributed by atoms with Crippen LogP contribution in [0.15, 0.2) is 54.2 Å². The zero-order valence-corrected chi connectivity index (χ0v) is 14.9. The molecular formula is C20H22N2O5. The molecule has 0 heterocycles. The minimum atomic E-state index is -0.621. The number of para-hydroxylation sites is 1. The van der Waals surface area contributed by atoms with Crippen molar-refractivity contribution in [2.24, 2.45) is 0 Å². The Morgan fingerprint density at radius 1 is 1.11 bits per heavy atom. The number of amides is 2. The number of nitrogens with one attached hydrogen (secondary N) is 2. The molecule has 27 heavy (non-hydrogen) atoms. The van der Waals surface area contributed by atoms with Crippen molar-refractivity contribution in [1.82, 2.24) is 10.6 Å². The van der Waals surface area contributed by atoms with Crippen LogP contribution in [0.4, 0.5) is 0 Å². The molecule has 2 aromatic carbocycles. The molecule has 0 bridgehead atoms. The molecule has 7 nitrogen and oxygen atoms in total. The number of aromatic hydroxyl groups is 1. The molecule has 0 aliphatic carbocycles. The highest BCUT2D eigenvalue weighted by Crippen LogP contribution is 2.17. The lowest BCUT2D eigenvalue weighted by molar-refractivity contribution is -0.117. The molecule has 4 N–H and O–H groups in total. The maximum absolute atomic E-state index is 12.4. The number of aliphatic hydroxyl groups excluding tert-OH is 1. The highest BCUT2D eigenvalue weighted by atomic mass is 16.5. The van der Waals surface area contributed by atoms with Crippen LogP contribution in [0.2, 0.25) is 0 Å². The number of phenols is 1. The molecule has 0 saturated carbocycles. The monoisotopic (exact) mass is 370 g/mol. The van der Waals surface area contributed by atoms with Crippen molar-refractivity contribution >= 4 is 17.9 Å². The van der Waals surface area contributed by atoms with E-state index in [2.05, 4.69) is 10.6 Å². The molecule has 0 aliphatic rings. The average molecular weight is 370 g/mol. The van der Waals surface area contributed by atoms with Crippen molar-refractivity contribution in [3.8, 4) is 11.5 Å². The number of carbonyl (C=O) groups is 2.